The third-order valence-electron chi connectivity index (χ3n) is 15.0. The molecular formula is C58H70F6N4O6. The summed E-state index contributed by atoms with van der Waals surface area (Å²) in [4.78, 5) is 38.5. The van der Waals surface area contributed by atoms with Crippen LogP contribution in [-0.2, 0) is 75.5 Å². The van der Waals surface area contributed by atoms with Crippen molar-refractivity contribution < 1.29 is 55.5 Å². The molecule has 4 aromatic carbocycles. The van der Waals surface area contributed by atoms with Crippen molar-refractivity contribution in [1.29, 1.82) is 0 Å². The first kappa shape index (κ1) is 56.0. The van der Waals surface area contributed by atoms with Gasteiger partial charge in [0.15, 0.2) is 0 Å². The molecule has 4 aromatic rings. The van der Waals surface area contributed by atoms with Gasteiger partial charge >= 0.3 is 24.3 Å². The van der Waals surface area contributed by atoms with E-state index in [4.69, 9.17) is 14.4 Å². The summed E-state index contributed by atoms with van der Waals surface area (Å²) in [5, 5.41) is 21.6. The van der Waals surface area contributed by atoms with E-state index >= 15 is 0 Å². The molecule has 74 heavy (non-hydrogen) atoms. The quantitative estimate of drug-likeness (QED) is 0.0345. The van der Waals surface area contributed by atoms with Crippen molar-refractivity contribution in [3.05, 3.63) is 140 Å². The van der Waals surface area contributed by atoms with Gasteiger partial charge in [0, 0.05) is 32.7 Å². The van der Waals surface area contributed by atoms with Crippen LogP contribution in [0.15, 0.2) is 83.1 Å². The Morgan fingerprint density at radius 3 is 1.59 bits per heavy atom. The monoisotopic (exact) mass is 1030 g/mol. The van der Waals surface area contributed by atoms with E-state index in [1.165, 1.54) is 12.1 Å². The Morgan fingerprint density at radius 1 is 0.662 bits per heavy atom. The highest BCUT2D eigenvalue weighted by Crippen LogP contribution is 2.43. The Labute approximate surface area is 430 Å². The van der Waals surface area contributed by atoms with Crippen molar-refractivity contribution in [2.75, 3.05) is 26.2 Å². The second-order valence-corrected chi connectivity index (χ2v) is 20.3. The van der Waals surface area contributed by atoms with Crippen LogP contribution in [0.2, 0.25) is 0 Å². The summed E-state index contributed by atoms with van der Waals surface area (Å²) in [5.74, 6) is -3.04. The number of nitrogens with one attached hydrogen (secondary N) is 1. The third kappa shape index (κ3) is 15.0. The van der Waals surface area contributed by atoms with Gasteiger partial charge < -0.3 is 24.8 Å². The number of ether oxygens (including phenoxy) is 1. The average Bonchev–Trinajstić information content (AvgIpc) is 3.37. The van der Waals surface area contributed by atoms with Crippen LogP contribution in [0.1, 0.15) is 171 Å². The molecule has 0 spiro atoms. The van der Waals surface area contributed by atoms with E-state index in [2.05, 4.69) is 20.5 Å². The predicted octanol–water partition coefficient (Wildman–Crippen LogP) is 13.3. The molecule has 1 heterocycles. The number of oxime groups is 2. The number of aryl methyl sites for hydroxylation is 2. The summed E-state index contributed by atoms with van der Waals surface area (Å²) in [6, 6.07) is 20.7. The fourth-order valence-corrected chi connectivity index (χ4v) is 10.6. The molecule has 1 atom stereocenters. The number of hydrogen-bond acceptors (Lipinski definition) is 9. The minimum atomic E-state index is -4.46. The molecule has 1 aliphatic heterocycles. The summed E-state index contributed by atoms with van der Waals surface area (Å²) in [6.45, 7) is 9.10. The highest BCUT2D eigenvalue weighted by molar-refractivity contribution is 5.99. The van der Waals surface area contributed by atoms with Gasteiger partial charge in [-0.1, -0.05) is 111 Å². The van der Waals surface area contributed by atoms with Gasteiger partial charge in [-0.25, -0.2) is 0 Å². The van der Waals surface area contributed by atoms with Crippen LogP contribution in [-0.4, -0.2) is 59.6 Å². The molecule has 400 valence electrons. The van der Waals surface area contributed by atoms with Crippen LogP contribution in [0.5, 0.6) is 0 Å². The lowest BCUT2D eigenvalue weighted by Gasteiger charge is -2.38. The average molecular weight is 1030 g/mol. The number of carbonyl (C=O) groups is 2. The molecule has 0 bridgehead atoms. The number of carboxylic acids is 1. The number of aliphatic carboxylic acids is 1. The van der Waals surface area contributed by atoms with E-state index in [-0.39, 0.29) is 44.1 Å². The third-order valence-corrected chi connectivity index (χ3v) is 15.0. The van der Waals surface area contributed by atoms with Gasteiger partial charge in [0.05, 0.1) is 28.5 Å². The van der Waals surface area contributed by atoms with Crippen LogP contribution in [0.3, 0.4) is 0 Å². The van der Waals surface area contributed by atoms with Gasteiger partial charge in [0.2, 0.25) is 0 Å². The van der Waals surface area contributed by atoms with Crippen molar-refractivity contribution >= 4 is 23.4 Å². The summed E-state index contributed by atoms with van der Waals surface area (Å²) in [5.41, 5.74) is 7.22. The number of alkyl halides is 6. The fourth-order valence-electron chi connectivity index (χ4n) is 10.6. The first-order valence-electron chi connectivity index (χ1n) is 26.2. The number of nitrogens with zero attached hydrogens (tertiary/aromatic N) is 3. The van der Waals surface area contributed by atoms with Gasteiger partial charge in [-0.05, 0) is 144 Å². The largest absolute Gasteiger partial charge is 0.481 e. The van der Waals surface area contributed by atoms with Gasteiger partial charge in [-0.15, -0.1) is 0 Å². The smallest absolute Gasteiger partial charge is 0.416 e. The number of rotatable bonds is 22. The maximum atomic E-state index is 14.1. The second-order valence-electron chi connectivity index (χ2n) is 20.3. The van der Waals surface area contributed by atoms with E-state index in [9.17, 15) is 41.0 Å². The molecule has 0 aromatic heterocycles. The number of esters is 1. The van der Waals surface area contributed by atoms with Crippen molar-refractivity contribution in [2.45, 2.75) is 155 Å². The molecule has 16 heteroatoms. The molecule has 1 saturated heterocycles. The van der Waals surface area contributed by atoms with Gasteiger partial charge in [0.1, 0.15) is 25.7 Å². The van der Waals surface area contributed by atoms with Crippen molar-refractivity contribution in [1.82, 2.24) is 10.2 Å². The van der Waals surface area contributed by atoms with Crippen molar-refractivity contribution in [2.24, 2.45) is 22.1 Å². The maximum absolute atomic E-state index is 14.1. The SMILES string of the molecule is CCc1cc(/C(C)=N/OCc2ccc(C3CCCCC3)c(C(F)(F)F)c2)ccc1CNCC(COC(=O)C1CN(Cc2ccc(/C(C)=N/OCc3ccc(C4CCCCC4)c(C(F)(F)F)c3)cc2CC)C1)C(=O)O. The summed E-state index contributed by atoms with van der Waals surface area (Å²) >= 11 is 0. The van der Waals surface area contributed by atoms with E-state index < -0.39 is 41.3 Å². The molecule has 0 amide bonds. The first-order valence-corrected chi connectivity index (χ1v) is 26.2. The van der Waals surface area contributed by atoms with Crippen LogP contribution in [0, 0.1) is 11.8 Å². The van der Waals surface area contributed by atoms with Crippen molar-refractivity contribution in [3.63, 3.8) is 0 Å². The normalized spacial score (nSPS) is 17.2. The maximum Gasteiger partial charge on any atom is 0.416 e. The number of halogens is 6. The molecule has 2 aliphatic carbocycles. The van der Waals surface area contributed by atoms with Crippen LogP contribution in [0.25, 0.3) is 0 Å². The van der Waals surface area contributed by atoms with Gasteiger partial charge in [0.25, 0.3) is 0 Å². The topological polar surface area (TPSA) is 122 Å². The fraction of sp³-hybridized carbons (Fsp3) is 0.517. The van der Waals surface area contributed by atoms with Crippen LogP contribution < -0.4 is 5.32 Å². The van der Waals surface area contributed by atoms with E-state index in [0.29, 0.717) is 66.3 Å². The summed E-state index contributed by atoms with van der Waals surface area (Å²) in [7, 11) is 0. The Bertz CT molecular complexity index is 2610. The van der Waals surface area contributed by atoms with Gasteiger partial charge in [-0.2, -0.15) is 26.3 Å². The standard InChI is InChI=1S/C58H70F6N4O6/c1-5-41-27-45(37(3)66-73-34-39-17-23-51(43-13-9-7-10-14-43)53(25-39)57(59,60)61)19-21-47(41)29-65-30-49(55(69)70)36-72-56(71)50-32-68(33-50)31-48-22-20-46(28-42(48)6-2)38(4)67-74-35-40-18-24-52(44-15-11-8-12-16-44)54(26-40)58(62,63)64/h17-28,43-44,49-50,65H,5-16,29-36H2,1-4H3,(H,69,70)/b66-37+,67-38+. The minimum Gasteiger partial charge on any atom is -0.481 e. The first-order chi connectivity index (χ1) is 35.4. The second kappa shape index (κ2) is 25.7. The van der Waals surface area contributed by atoms with E-state index in [0.717, 1.165) is 104 Å². The number of benzene rings is 4. The Morgan fingerprint density at radius 2 is 1.14 bits per heavy atom. The lowest BCUT2D eigenvalue weighted by molar-refractivity contribution is -0.159. The molecule has 10 nitrogen and oxygen atoms in total. The Hall–Kier alpha value is -5.74. The number of likely N-dealkylation sites (tertiary alicyclic amines) is 1. The lowest BCUT2D eigenvalue weighted by Crippen LogP contribution is -2.50. The Balaban J connectivity index is 0.838. The zero-order valence-corrected chi connectivity index (χ0v) is 43.0. The molecule has 2 saturated carbocycles. The molecule has 1 unspecified atom stereocenters. The molecule has 3 fully saturated rings. The summed E-state index contributed by atoms with van der Waals surface area (Å²) < 4.78 is 90.0. The predicted molar refractivity (Wildman–Crippen MR) is 273 cm³/mol. The highest BCUT2D eigenvalue weighted by atomic mass is 19.4. The van der Waals surface area contributed by atoms with E-state index in [1.807, 2.05) is 50.2 Å². The lowest BCUT2D eigenvalue weighted by atomic mass is 9.81. The Kier molecular flexibility index (Phi) is 19.4. The van der Waals surface area contributed by atoms with Crippen LogP contribution in [0.4, 0.5) is 26.3 Å². The highest BCUT2D eigenvalue weighted by Gasteiger charge is 2.38. The zero-order chi connectivity index (χ0) is 53.0. The molecule has 7 rings (SSSR count). The number of carboxylic acid groups (broad SMARTS) is 1. The van der Waals surface area contributed by atoms with E-state index in [1.54, 1.807) is 38.1 Å². The molecular weight excluding hydrogens is 963 g/mol. The zero-order valence-electron chi connectivity index (χ0n) is 43.0. The molecule has 3 aliphatic rings. The van der Waals surface area contributed by atoms with Gasteiger partial charge in [-0.3, -0.25) is 14.5 Å². The minimum absolute atomic E-state index is 0.0688. The molecule has 2 N–H and O–H groups in total. The number of hydrogen-bond donors (Lipinski definition) is 2. The summed E-state index contributed by atoms with van der Waals surface area (Å²) in [6.07, 6.45) is 1.47. The molecule has 0 radical (unpaired) electrons. The van der Waals surface area contributed by atoms with Crippen molar-refractivity contribution in [3.8, 4) is 0 Å². The van der Waals surface area contributed by atoms with Crippen LogP contribution >= 0.6 is 0 Å². The number of carbonyl (C=O) groups excluding carboxylic acids is 1.